The highest BCUT2D eigenvalue weighted by Crippen LogP contribution is 2.19. The zero-order valence-corrected chi connectivity index (χ0v) is 13.0. The Bertz CT molecular complexity index is 639. The second-order valence-electron chi connectivity index (χ2n) is 5.13. The van der Waals surface area contributed by atoms with Crippen molar-refractivity contribution in [1.82, 2.24) is 14.9 Å². The molecular weight excluding hydrogens is 290 g/mol. The van der Waals surface area contributed by atoms with Gasteiger partial charge in [-0.3, -0.25) is 10.1 Å². The van der Waals surface area contributed by atoms with Crippen molar-refractivity contribution in [3.63, 3.8) is 0 Å². The summed E-state index contributed by atoms with van der Waals surface area (Å²) in [4.78, 5) is 15.7. The molecule has 0 saturated heterocycles. The fourth-order valence-corrected chi connectivity index (χ4v) is 2.48. The number of rotatable bonds is 7. The number of imidazole rings is 1. The number of hydrogen-bond acceptors (Lipinski definition) is 3. The van der Waals surface area contributed by atoms with Crippen LogP contribution in [0, 0.1) is 0 Å². The molecule has 5 nitrogen and oxygen atoms in total. The minimum Gasteiger partial charge on any atom is -0.480 e. The van der Waals surface area contributed by atoms with Crippen LogP contribution in [0.2, 0.25) is 5.02 Å². The number of aliphatic carboxylic acids is 1. The van der Waals surface area contributed by atoms with E-state index in [9.17, 15) is 9.90 Å². The first-order valence-corrected chi connectivity index (χ1v) is 7.47. The Morgan fingerprint density at radius 2 is 2.29 bits per heavy atom. The van der Waals surface area contributed by atoms with Crippen LogP contribution in [0.3, 0.4) is 0 Å². The van der Waals surface area contributed by atoms with Crippen LogP contribution in [0.1, 0.15) is 32.0 Å². The smallest absolute Gasteiger partial charge is 0.320 e. The van der Waals surface area contributed by atoms with Crippen LogP contribution in [0.5, 0.6) is 0 Å². The summed E-state index contributed by atoms with van der Waals surface area (Å²) in [6.45, 7) is 2.47. The molecule has 1 atom stereocenters. The molecule has 0 aliphatic rings. The number of aryl methyl sites for hydroxylation is 1. The molecule has 0 aliphatic heterocycles. The number of carboxylic acid groups (broad SMARTS) is 1. The van der Waals surface area contributed by atoms with Gasteiger partial charge in [-0.1, -0.05) is 31.4 Å². The van der Waals surface area contributed by atoms with Crippen molar-refractivity contribution in [2.45, 2.75) is 38.8 Å². The maximum absolute atomic E-state index is 11.2. The SMILES string of the molecule is CCCCC(NCc1nc2cc(Cl)ccc2n1C)C(=O)O. The molecule has 0 radical (unpaired) electrons. The normalized spacial score (nSPS) is 12.7. The maximum Gasteiger partial charge on any atom is 0.320 e. The van der Waals surface area contributed by atoms with E-state index in [1.165, 1.54) is 0 Å². The predicted molar refractivity (Wildman–Crippen MR) is 83.5 cm³/mol. The number of aromatic nitrogens is 2. The topological polar surface area (TPSA) is 67.2 Å². The van der Waals surface area contributed by atoms with Gasteiger partial charge in [0, 0.05) is 12.1 Å². The van der Waals surface area contributed by atoms with E-state index in [0.29, 0.717) is 18.0 Å². The first kappa shape index (κ1) is 15.8. The minimum absolute atomic E-state index is 0.420. The molecule has 0 saturated carbocycles. The van der Waals surface area contributed by atoms with Gasteiger partial charge < -0.3 is 9.67 Å². The summed E-state index contributed by atoms with van der Waals surface area (Å²) in [5, 5.41) is 12.9. The largest absolute Gasteiger partial charge is 0.480 e. The van der Waals surface area contributed by atoms with Crippen molar-refractivity contribution in [3.05, 3.63) is 29.0 Å². The third-order valence-corrected chi connectivity index (χ3v) is 3.82. The molecule has 2 aromatic rings. The molecule has 2 N–H and O–H groups in total. The fourth-order valence-electron chi connectivity index (χ4n) is 2.32. The molecule has 0 fully saturated rings. The molecule has 114 valence electrons. The van der Waals surface area contributed by atoms with Gasteiger partial charge in [0.15, 0.2) is 0 Å². The van der Waals surface area contributed by atoms with E-state index in [1.807, 2.05) is 36.7 Å². The highest BCUT2D eigenvalue weighted by atomic mass is 35.5. The monoisotopic (exact) mass is 309 g/mol. The van der Waals surface area contributed by atoms with Crippen LogP contribution >= 0.6 is 11.6 Å². The van der Waals surface area contributed by atoms with E-state index in [2.05, 4.69) is 10.3 Å². The van der Waals surface area contributed by atoms with Gasteiger partial charge in [-0.05, 0) is 24.6 Å². The number of halogens is 1. The summed E-state index contributed by atoms with van der Waals surface area (Å²) >= 11 is 5.96. The standard InChI is InChI=1S/C15H20ClN3O2/c1-3-4-5-11(15(20)21)17-9-14-18-12-8-10(16)6-7-13(12)19(14)2/h6-8,11,17H,3-5,9H2,1-2H3,(H,20,21). The average Bonchev–Trinajstić information content (AvgIpc) is 2.74. The van der Waals surface area contributed by atoms with Gasteiger partial charge in [-0.15, -0.1) is 0 Å². The number of fused-ring (bicyclic) bond motifs is 1. The Balaban J connectivity index is 2.12. The van der Waals surface area contributed by atoms with Crippen molar-refractivity contribution >= 4 is 28.6 Å². The molecule has 1 heterocycles. The van der Waals surface area contributed by atoms with Crippen molar-refractivity contribution < 1.29 is 9.90 Å². The van der Waals surface area contributed by atoms with Gasteiger partial charge in [0.1, 0.15) is 11.9 Å². The molecule has 0 bridgehead atoms. The molecule has 21 heavy (non-hydrogen) atoms. The van der Waals surface area contributed by atoms with Gasteiger partial charge in [-0.2, -0.15) is 0 Å². The minimum atomic E-state index is -0.815. The third kappa shape index (κ3) is 3.74. The highest BCUT2D eigenvalue weighted by Gasteiger charge is 2.17. The first-order valence-electron chi connectivity index (χ1n) is 7.10. The number of carbonyl (C=O) groups is 1. The summed E-state index contributed by atoms with van der Waals surface area (Å²) in [6.07, 6.45) is 2.50. The predicted octanol–water partition coefficient (Wildman–Crippen LogP) is 2.96. The van der Waals surface area contributed by atoms with Gasteiger partial charge >= 0.3 is 5.97 Å². The average molecular weight is 310 g/mol. The number of nitrogens with zero attached hydrogens (tertiary/aromatic N) is 2. The summed E-state index contributed by atoms with van der Waals surface area (Å²) in [6, 6.07) is 5.02. The number of carboxylic acids is 1. The summed E-state index contributed by atoms with van der Waals surface area (Å²) in [7, 11) is 1.92. The van der Waals surface area contributed by atoms with Gasteiger partial charge in [0.05, 0.1) is 17.6 Å². The maximum atomic E-state index is 11.2. The lowest BCUT2D eigenvalue weighted by Crippen LogP contribution is -2.36. The van der Waals surface area contributed by atoms with Crippen LogP contribution < -0.4 is 5.32 Å². The van der Waals surface area contributed by atoms with Crippen LogP contribution in [-0.2, 0) is 18.4 Å². The van der Waals surface area contributed by atoms with E-state index in [1.54, 1.807) is 0 Å². The fraction of sp³-hybridized carbons (Fsp3) is 0.467. The Morgan fingerprint density at radius 3 is 2.95 bits per heavy atom. The molecule has 1 unspecified atom stereocenters. The summed E-state index contributed by atoms with van der Waals surface area (Å²) in [5.74, 6) is -0.0136. The first-order chi connectivity index (χ1) is 10.0. The van der Waals surface area contributed by atoms with Crippen LogP contribution in [0.15, 0.2) is 18.2 Å². The van der Waals surface area contributed by atoms with Gasteiger partial charge in [0.2, 0.25) is 0 Å². The number of nitrogens with one attached hydrogen (secondary N) is 1. The van der Waals surface area contributed by atoms with Crippen LogP contribution in [-0.4, -0.2) is 26.7 Å². The lowest BCUT2D eigenvalue weighted by molar-refractivity contribution is -0.139. The quantitative estimate of drug-likeness (QED) is 0.825. The summed E-state index contributed by atoms with van der Waals surface area (Å²) < 4.78 is 1.96. The van der Waals surface area contributed by atoms with Gasteiger partial charge in [-0.25, -0.2) is 4.98 Å². The zero-order chi connectivity index (χ0) is 15.4. The van der Waals surface area contributed by atoms with E-state index in [-0.39, 0.29) is 0 Å². The van der Waals surface area contributed by atoms with E-state index < -0.39 is 12.0 Å². The molecule has 1 aromatic carbocycles. The Hall–Kier alpha value is -1.59. The second-order valence-corrected chi connectivity index (χ2v) is 5.57. The summed E-state index contributed by atoms with van der Waals surface area (Å²) in [5.41, 5.74) is 1.80. The highest BCUT2D eigenvalue weighted by molar-refractivity contribution is 6.31. The van der Waals surface area contributed by atoms with Crippen LogP contribution in [0.4, 0.5) is 0 Å². The van der Waals surface area contributed by atoms with E-state index >= 15 is 0 Å². The molecule has 1 aromatic heterocycles. The second kappa shape index (κ2) is 6.91. The number of benzene rings is 1. The molecule has 0 spiro atoms. The Labute approximate surface area is 128 Å². The Kier molecular flexibility index (Phi) is 5.20. The van der Waals surface area contributed by atoms with Crippen molar-refractivity contribution in [2.24, 2.45) is 7.05 Å². The molecule has 2 rings (SSSR count). The molecule has 0 amide bonds. The molecule has 0 aliphatic carbocycles. The molecular formula is C15H20ClN3O2. The molecule has 6 heteroatoms. The van der Waals surface area contributed by atoms with Crippen molar-refractivity contribution in [1.29, 1.82) is 0 Å². The van der Waals surface area contributed by atoms with E-state index in [4.69, 9.17) is 11.6 Å². The number of hydrogen-bond donors (Lipinski definition) is 2. The zero-order valence-electron chi connectivity index (χ0n) is 12.3. The van der Waals surface area contributed by atoms with Crippen molar-refractivity contribution in [3.8, 4) is 0 Å². The Morgan fingerprint density at radius 1 is 1.52 bits per heavy atom. The van der Waals surface area contributed by atoms with Crippen LogP contribution in [0.25, 0.3) is 11.0 Å². The lowest BCUT2D eigenvalue weighted by Gasteiger charge is -2.13. The van der Waals surface area contributed by atoms with Gasteiger partial charge in [0.25, 0.3) is 0 Å². The lowest BCUT2D eigenvalue weighted by atomic mass is 10.1. The number of unbranched alkanes of at least 4 members (excludes halogenated alkanes) is 1. The van der Waals surface area contributed by atoms with Crippen molar-refractivity contribution in [2.75, 3.05) is 0 Å². The van der Waals surface area contributed by atoms with E-state index in [0.717, 1.165) is 29.7 Å². The third-order valence-electron chi connectivity index (χ3n) is 3.59.